The summed E-state index contributed by atoms with van der Waals surface area (Å²) < 4.78 is 34.0. The van der Waals surface area contributed by atoms with Crippen molar-refractivity contribution in [3.63, 3.8) is 0 Å². The third-order valence-electron chi connectivity index (χ3n) is 5.89. The molecule has 0 aliphatic heterocycles. The summed E-state index contributed by atoms with van der Waals surface area (Å²) in [5.41, 5.74) is 0.393. The molecule has 0 aromatic carbocycles. The standard InChI is InChI=1S/C16H32O4SSi/c1-15(2,3)22(5,6)20-14-11-16(12-14)9-7-13(8-10-16)19-21(4,17)18/h13-14H,7-12H2,1-6H3. The highest BCUT2D eigenvalue weighted by Gasteiger charge is 2.50. The first kappa shape index (κ1) is 18.4. The maximum atomic E-state index is 11.2. The molecule has 2 aliphatic rings. The van der Waals surface area contributed by atoms with Gasteiger partial charge in [0.1, 0.15) is 0 Å². The molecule has 0 N–H and O–H groups in total. The fourth-order valence-electron chi connectivity index (χ4n) is 3.54. The highest BCUT2D eigenvalue weighted by molar-refractivity contribution is 7.86. The Morgan fingerprint density at radius 1 is 1.05 bits per heavy atom. The van der Waals surface area contributed by atoms with Crippen LogP contribution in [-0.2, 0) is 18.7 Å². The Kier molecular flexibility index (Phi) is 4.91. The first-order valence-corrected chi connectivity index (χ1v) is 13.1. The monoisotopic (exact) mass is 348 g/mol. The van der Waals surface area contributed by atoms with Crippen LogP contribution in [0.2, 0.25) is 18.1 Å². The van der Waals surface area contributed by atoms with E-state index in [-0.39, 0.29) is 11.1 Å². The topological polar surface area (TPSA) is 52.6 Å². The van der Waals surface area contributed by atoms with Gasteiger partial charge in [-0.05, 0) is 62.1 Å². The van der Waals surface area contributed by atoms with Crippen LogP contribution in [-0.4, -0.2) is 35.2 Å². The van der Waals surface area contributed by atoms with Crippen LogP contribution in [0.1, 0.15) is 59.3 Å². The molecule has 22 heavy (non-hydrogen) atoms. The zero-order valence-electron chi connectivity index (χ0n) is 14.9. The highest BCUT2D eigenvalue weighted by Crippen LogP contribution is 2.54. The predicted molar refractivity (Wildman–Crippen MR) is 91.9 cm³/mol. The number of rotatable bonds is 4. The molecule has 2 saturated carbocycles. The molecular weight excluding hydrogens is 316 g/mol. The molecule has 0 bridgehead atoms. The summed E-state index contributed by atoms with van der Waals surface area (Å²) in [6.45, 7) is 11.5. The van der Waals surface area contributed by atoms with E-state index < -0.39 is 18.4 Å². The van der Waals surface area contributed by atoms with Crippen molar-refractivity contribution in [3.05, 3.63) is 0 Å². The van der Waals surface area contributed by atoms with E-state index in [0.717, 1.165) is 44.8 Å². The second-order valence-corrected chi connectivity index (χ2v) is 15.3. The fraction of sp³-hybridized carbons (Fsp3) is 1.00. The third-order valence-corrected chi connectivity index (χ3v) is 11.0. The van der Waals surface area contributed by atoms with Crippen molar-refractivity contribution in [1.29, 1.82) is 0 Å². The van der Waals surface area contributed by atoms with Crippen LogP contribution >= 0.6 is 0 Å². The quantitative estimate of drug-likeness (QED) is 0.567. The molecular formula is C16H32O4SSi. The molecule has 0 atom stereocenters. The lowest BCUT2D eigenvalue weighted by Crippen LogP contribution is -2.52. The number of hydrogen-bond donors (Lipinski definition) is 0. The molecule has 0 amide bonds. The molecule has 4 nitrogen and oxygen atoms in total. The molecule has 6 heteroatoms. The van der Waals surface area contributed by atoms with Crippen molar-refractivity contribution < 1.29 is 17.0 Å². The average molecular weight is 349 g/mol. The van der Waals surface area contributed by atoms with Gasteiger partial charge in [0.25, 0.3) is 10.1 Å². The lowest BCUT2D eigenvalue weighted by molar-refractivity contribution is -0.0625. The fourth-order valence-corrected chi connectivity index (χ4v) is 5.58. The second-order valence-electron chi connectivity index (χ2n) is 8.91. The summed E-state index contributed by atoms with van der Waals surface area (Å²) in [5.74, 6) is 0. The Bertz CT molecular complexity index is 491. The molecule has 2 rings (SSSR count). The van der Waals surface area contributed by atoms with E-state index in [1.807, 2.05) is 0 Å². The lowest BCUT2D eigenvalue weighted by atomic mass is 9.59. The molecule has 0 radical (unpaired) electrons. The van der Waals surface area contributed by atoms with Gasteiger partial charge >= 0.3 is 0 Å². The molecule has 0 heterocycles. The summed E-state index contributed by atoms with van der Waals surface area (Å²) in [4.78, 5) is 0. The summed E-state index contributed by atoms with van der Waals surface area (Å²) in [6, 6.07) is 0. The lowest BCUT2D eigenvalue weighted by Gasteiger charge is -2.54. The van der Waals surface area contributed by atoms with Gasteiger partial charge in [0.15, 0.2) is 8.32 Å². The smallest absolute Gasteiger partial charge is 0.264 e. The van der Waals surface area contributed by atoms with Crippen molar-refractivity contribution in [1.82, 2.24) is 0 Å². The molecule has 2 aliphatic carbocycles. The Labute approximate surface area is 137 Å². The summed E-state index contributed by atoms with van der Waals surface area (Å²) in [5, 5.41) is 0.261. The first-order valence-electron chi connectivity index (χ1n) is 8.38. The van der Waals surface area contributed by atoms with E-state index in [1.54, 1.807) is 0 Å². The van der Waals surface area contributed by atoms with Crippen molar-refractivity contribution in [2.75, 3.05) is 6.26 Å². The van der Waals surface area contributed by atoms with Crippen LogP contribution in [0.3, 0.4) is 0 Å². The summed E-state index contributed by atoms with van der Waals surface area (Å²) >= 11 is 0. The highest BCUT2D eigenvalue weighted by atomic mass is 32.2. The van der Waals surface area contributed by atoms with Gasteiger partial charge in [-0.25, -0.2) is 0 Å². The minimum absolute atomic E-state index is 0.110. The predicted octanol–water partition coefficient (Wildman–Crippen LogP) is 4.08. The van der Waals surface area contributed by atoms with Gasteiger partial charge in [0.05, 0.1) is 12.4 Å². The Hall–Kier alpha value is 0.0869. The zero-order chi connectivity index (χ0) is 16.8. The minimum Gasteiger partial charge on any atom is -0.414 e. The van der Waals surface area contributed by atoms with Gasteiger partial charge in [-0.2, -0.15) is 8.42 Å². The van der Waals surface area contributed by atoms with Crippen LogP contribution in [0.15, 0.2) is 0 Å². The van der Waals surface area contributed by atoms with Crippen LogP contribution < -0.4 is 0 Å². The van der Waals surface area contributed by atoms with Crippen LogP contribution in [0.25, 0.3) is 0 Å². The van der Waals surface area contributed by atoms with Gasteiger partial charge in [0.2, 0.25) is 0 Å². The minimum atomic E-state index is -3.32. The molecule has 2 fully saturated rings. The van der Waals surface area contributed by atoms with Crippen LogP contribution in [0.4, 0.5) is 0 Å². The van der Waals surface area contributed by atoms with Crippen LogP contribution in [0, 0.1) is 5.41 Å². The van der Waals surface area contributed by atoms with E-state index in [2.05, 4.69) is 33.9 Å². The van der Waals surface area contributed by atoms with Crippen molar-refractivity contribution in [3.8, 4) is 0 Å². The molecule has 0 aromatic heterocycles. The largest absolute Gasteiger partial charge is 0.414 e. The second kappa shape index (κ2) is 5.87. The SMILES string of the molecule is CC(C)(C)[Si](C)(C)OC1CC2(CCC(OS(C)(=O)=O)CC2)C1. The van der Waals surface area contributed by atoms with Gasteiger partial charge in [-0.1, -0.05) is 20.8 Å². The number of hydrogen-bond acceptors (Lipinski definition) is 4. The molecule has 0 aromatic rings. The van der Waals surface area contributed by atoms with E-state index in [1.165, 1.54) is 0 Å². The Morgan fingerprint density at radius 3 is 1.95 bits per heavy atom. The first-order chi connectivity index (χ1) is 9.82. The molecule has 1 spiro atoms. The van der Waals surface area contributed by atoms with E-state index in [9.17, 15) is 8.42 Å². The van der Waals surface area contributed by atoms with Gasteiger partial charge in [0, 0.05) is 6.10 Å². The van der Waals surface area contributed by atoms with E-state index in [4.69, 9.17) is 8.61 Å². The van der Waals surface area contributed by atoms with Crippen LogP contribution in [0.5, 0.6) is 0 Å². The van der Waals surface area contributed by atoms with Crippen molar-refractivity contribution >= 4 is 18.4 Å². The molecule has 130 valence electrons. The van der Waals surface area contributed by atoms with Gasteiger partial charge in [-0.15, -0.1) is 0 Å². The van der Waals surface area contributed by atoms with Gasteiger partial charge < -0.3 is 4.43 Å². The van der Waals surface area contributed by atoms with Crippen molar-refractivity contribution in [2.24, 2.45) is 5.41 Å². The summed E-state index contributed by atoms with van der Waals surface area (Å²) in [6.07, 6.45) is 7.60. The maximum Gasteiger partial charge on any atom is 0.264 e. The Balaban J connectivity index is 1.80. The normalized spacial score (nSPS) is 33.7. The third kappa shape index (κ3) is 4.33. The molecule has 0 saturated heterocycles. The van der Waals surface area contributed by atoms with E-state index in [0.29, 0.717) is 11.5 Å². The molecule has 0 unspecified atom stereocenters. The van der Waals surface area contributed by atoms with E-state index >= 15 is 0 Å². The van der Waals surface area contributed by atoms with Crippen molar-refractivity contribution in [2.45, 2.75) is 89.6 Å². The maximum absolute atomic E-state index is 11.2. The Morgan fingerprint density at radius 2 is 1.55 bits per heavy atom. The average Bonchev–Trinajstić information content (AvgIpc) is 2.26. The van der Waals surface area contributed by atoms with Gasteiger partial charge in [-0.3, -0.25) is 4.18 Å². The summed E-state index contributed by atoms with van der Waals surface area (Å²) in [7, 11) is -4.99. The zero-order valence-corrected chi connectivity index (χ0v) is 16.8.